The molecule has 0 unspecified atom stereocenters. The van der Waals surface area contributed by atoms with E-state index in [0.29, 0.717) is 0 Å². The molecule has 0 spiro atoms. The highest BCUT2D eigenvalue weighted by atomic mass is 15.3. The molecule has 0 aliphatic heterocycles. The third kappa shape index (κ3) is 1.28. The molecule has 3 rings (SSSR count). The Morgan fingerprint density at radius 2 is 2.19 bits per heavy atom. The van der Waals surface area contributed by atoms with Gasteiger partial charge in [0, 0.05) is 23.2 Å². The molecular formula is C13H17N3. The summed E-state index contributed by atoms with van der Waals surface area (Å²) in [6, 6.07) is 6.47. The minimum atomic E-state index is -0.0575. The fourth-order valence-electron chi connectivity index (χ4n) is 2.31. The molecule has 0 radical (unpaired) electrons. The first-order valence-electron chi connectivity index (χ1n) is 5.90. The van der Waals surface area contributed by atoms with Crippen LogP contribution in [-0.4, -0.2) is 9.78 Å². The van der Waals surface area contributed by atoms with Gasteiger partial charge in [0.15, 0.2) is 0 Å². The van der Waals surface area contributed by atoms with Crippen LogP contribution in [0.4, 0.5) is 0 Å². The van der Waals surface area contributed by atoms with Gasteiger partial charge >= 0.3 is 0 Å². The van der Waals surface area contributed by atoms with Crippen LogP contribution in [0.5, 0.6) is 0 Å². The standard InChI is InChI=1S/C13H17N3/c1-3-16-9(2)11-5-4-10(8-12(11)15-16)13(14)6-7-13/h4-5,8H,3,6-7,14H2,1-2H3. The van der Waals surface area contributed by atoms with Gasteiger partial charge in [-0.25, -0.2) is 0 Å². The number of rotatable bonds is 2. The zero-order valence-corrected chi connectivity index (χ0v) is 9.83. The van der Waals surface area contributed by atoms with Gasteiger partial charge in [0.1, 0.15) is 0 Å². The molecule has 0 amide bonds. The average Bonchev–Trinajstić information content (AvgIpc) is 2.96. The fraction of sp³-hybridized carbons (Fsp3) is 0.462. The van der Waals surface area contributed by atoms with Gasteiger partial charge in [-0.3, -0.25) is 4.68 Å². The van der Waals surface area contributed by atoms with E-state index >= 15 is 0 Å². The highest BCUT2D eigenvalue weighted by molar-refractivity contribution is 5.82. The molecule has 1 aromatic carbocycles. The maximum Gasteiger partial charge on any atom is 0.0929 e. The van der Waals surface area contributed by atoms with E-state index in [4.69, 9.17) is 5.73 Å². The number of nitrogens with two attached hydrogens (primary N) is 1. The Morgan fingerprint density at radius 3 is 2.81 bits per heavy atom. The van der Waals surface area contributed by atoms with E-state index in [0.717, 1.165) is 24.9 Å². The van der Waals surface area contributed by atoms with Crippen LogP contribution in [0.1, 0.15) is 31.0 Å². The molecule has 1 aromatic heterocycles. The lowest BCUT2D eigenvalue weighted by atomic mass is 10.0. The third-order valence-electron chi connectivity index (χ3n) is 3.67. The molecule has 2 aromatic rings. The summed E-state index contributed by atoms with van der Waals surface area (Å²) in [5.41, 5.74) is 9.70. The normalized spacial score (nSPS) is 17.9. The molecule has 3 nitrogen and oxygen atoms in total. The summed E-state index contributed by atoms with van der Waals surface area (Å²) in [5, 5.41) is 5.84. The summed E-state index contributed by atoms with van der Waals surface area (Å²) in [6.07, 6.45) is 2.21. The van der Waals surface area contributed by atoms with Gasteiger partial charge in [-0.05, 0) is 38.3 Å². The Hall–Kier alpha value is -1.35. The van der Waals surface area contributed by atoms with E-state index in [2.05, 4.69) is 37.1 Å². The molecule has 1 saturated carbocycles. The molecular weight excluding hydrogens is 198 g/mol. The van der Waals surface area contributed by atoms with Gasteiger partial charge in [-0.1, -0.05) is 12.1 Å². The summed E-state index contributed by atoms with van der Waals surface area (Å²) in [4.78, 5) is 0. The molecule has 1 fully saturated rings. The number of fused-ring (bicyclic) bond motifs is 1. The second kappa shape index (κ2) is 3.08. The van der Waals surface area contributed by atoms with Crippen LogP contribution in [0.3, 0.4) is 0 Å². The molecule has 1 aliphatic carbocycles. The largest absolute Gasteiger partial charge is 0.321 e. The summed E-state index contributed by atoms with van der Waals surface area (Å²) in [7, 11) is 0. The predicted molar refractivity (Wildman–Crippen MR) is 65.2 cm³/mol. The lowest BCUT2D eigenvalue weighted by Gasteiger charge is -2.07. The van der Waals surface area contributed by atoms with E-state index in [1.807, 2.05) is 4.68 Å². The Balaban J connectivity index is 2.18. The molecule has 16 heavy (non-hydrogen) atoms. The van der Waals surface area contributed by atoms with E-state index in [1.54, 1.807) is 0 Å². The smallest absolute Gasteiger partial charge is 0.0929 e. The van der Waals surface area contributed by atoms with Crippen LogP contribution in [0, 0.1) is 6.92 Å². The maximum absolute atomic E-state index is 6.20. The monoisotopic (exact) mass is 215 g/mol. The molecule has 0 atom stereocenters. The summed E-state index contributed by atoms with van der Waals surface area (Å²) in [5.74, 6) is 0. The van der Waals surface area contributed by atoms with Crippen LogP contribution >= 0.6 is 0 Å². The Bertz CT molecular complexity index is 550. The average molecular weight is 215 g/mol. The molecule has 1 aliphatic rings. The van der Waals surface area contributed by atoms with Crippen molar-refractivity contribution < 1.29 is 0 Å². The molecule has 3 heteroatoms. The van der Waals surface area contributed by atoms with Crippen molar-refractivity contribution in [3.05, 3.63) is 29.5 Å². The van der Waals surface area contributed by atoms with Crippen LogP contribution in [0.15, 0.2) is 18.2 Å². The topological polar surface area (TPSA) is 43.8 Å². The lowest BCUT2D eigenvalue weighted by molar-refractivity contribution is 0.647. The fourth-order valence-corrected chi connectivity index (χ4v) is 2.31. The van der Waals surface area contributed by atoms with Gasteiger partial charge in [0.25, 0.3) is 0 Å². The van der Waals surface area contributed by atoms with Crippen LogP contribution < -0.4 is 5.73 Å². The predicted octanol–water partition coefficient (Wildman–Crippen LogP) is 2.31. The first-order valence-corrected chi connectivity index (χ1v) is 5.90. The van der Waals surface area contributed by atoms with Gasteiger partial charge in [-0.2, -0.15) is 5.10 Å². The minimum Gasteiger partial charge on any atom is -0.321 e. The SMILES string of the molecule is CCn1nc2cc(C3(N)CC3)ccc2c1C. The summed E-state index contributed by atoms with van der Waals surface area (Å²) in [6.45, 7) is 5.16. The summed E-state index contributed by atoms with van der Waals surface area (Å²) >= 11 is 0. The van der Waals surface area contributed by atoms with E-state index < -0.39 is 0 Å². The molecule has 1 heterocycles. The van der Waals surface area contributed by atoms with Crippen molar-refractivity contribution in [2.24, 2.45) is 5.73 Å². The second-order valence-corrected chi connectivity index (χ2v) is 4.79. The van der Waals surface area contributed by atoms with Gasteiger partial charge in [0.2, 0.25) is 0 Å². The van der Waals surface area contributed by atoms with Crippen molar-refractivity contribution >= 4 is 10.9 Å². The number of benzene rings is 1. The van der Waals surface area contributed by atoms with Crippen molar-refractivity contribution in [1.29, 1.82) is 0 Å². The third-order valence-corrected chi connectivity index (χ3v) is 3.67. The minimum absolute atomic E-state index is 0.0575. The van der Waals surface area contributed by atoms with Crippen LogP contribution in [0.25, 0.3) is 10.9 Å². The number of hydrogen-bond acceptors (Lipinski definition) is 2. The van der Waals surface area contributed by atoms with E-state index in [-0.39, 0.29) is 5.54 Å². The quantitative estimate of drug-likeness (QED) is 0.835. The number of aromatic nitrogens is 2. The zero-order valence-electron chi connectivity index (χ0n) is 9.83. The van der Waals surface area contributed by atoms with Crippen molar-refractivity contribution in [3.63, 3.8) is 0 Å². The van der Waals surface area contributed by atoms with Crippen LogP contribution in [0.2, 0.25) is 0 Å². The maximum atomic E-state index is 6.20. The first kappa shape index (κ1) is 9.85. The number of nitrogens with zero attached hydrogens (tertiary/aromatic N) is 2. The van der Waals surface area contributed by atoms with Crippen LogP contribution in [-0.2, 0) is 12.1 Å². The molecule has 0 saturated heterocycles. The van der Waals surface area contributed by atoms with Crippen molar-refractivity contribution in [2.75, 3.05) is 0 Å². The highest BCUT2D eigenvalue weighted by Crippen LogP contribution is 2.43. The second-order valence-electron chi connectivity index (χ2n) is 4.79. The van der Waals surface area contributed by atoms with Gasteiger partial charge in [-0.15, -0.1) is 0 Å². The van der Waals surface area contributed by atoms with Crippen molar-refractivity contribution in [1.82, 2.24) is 9.78 Å². The Morgan fingerprint density at radius 1 is 1.44 bits per heavy atom. The lowest BCUT2D eigenvalue weighted by Crippen LogP contribution is -2.18. The van der Waals surface area contributed by atoms with E-state index in [9.17, 15) is 0 Å². The van der Waals surface area contributed by atoms with Crippen molar-refractivity contribution in [3.8, 4) is 0 Å². The molecule has 0 bridgehead atoms. The Kier molecular flexibility index (Phi) is 1.89. The van der Waals surface area contributed by atoms with Gasteiger partial charge in [0.05, 0.1) is 5.52 Å². The number of aryl methyl sites for hydroxylation is 2. The number of hydrogen-bond donors (Lipinski definition) is 1. The summed E-state index contributed by atoms with van der Waals surface area (Å²) < 4.78 is 2.05. The molecule has 84 valence electrons. The Labute approximate surface area is 95.2 Å². The van der Waals surface area contributed by atoms with Gasteiger partial charge < -0.3 is 5.73 Å². The molecule has 2 N–H and O–H groups in total. The zero-order chi connectivity index (χ0) is 11.3. The first-order chi connectivity index (χ1) is 7.64. The van der Waals surface area contributed by atoms with E-state index in [1.165, 1.54) is 16.6 Å². The highest BCUT2D eigenvalue weighted by Gasteiger charge is 2.40. The van der Waals surface area contributed by atoms with Crippen molar-refractivity contribution in [2.45, 2.75) is 38.8 Å².